The van der Waals surface area contributed by atoms with Gasteiger partial charge in [0.05, 0.1) is 18.9 Å². The predicted molar refractivity (Wildman–Crippen MR) is 69.6 cm³/mol. The second kappa shape index (κ2) is 8.52. The van der Waals surface area contributed by atoms with Crippen LogP contribution in [0.15, 0.2) is 29.0 Å². The third-order valence-corrected chi connectivity index (χ3v) is 1.64. The molecule has 94 valence electrons. The maximum atomic E-state index is 11.7. The monoisotopic (exact) mass is 257 g/mol. The van der Waals surface area contributed by atoms with Crippen molar-refractivity contribution in [3.8, 4) is 0 Å². The predicted octanol–water partition coefficient (Wildman–Crippen LogP) is 1.84. The van der Waals surface area contributed by atoms with Crippen molar-refractivity contribution in [2.75, 3.05) is 7.11 Å². The Balaban J connectivity index is 4.83. The lowest BCUT2D eigenvalue weighted by atomic mass is 10.3. The first-order valence-corrected chi connectivity index (χ1v) is 5.38. The molecule has 1 amide bonds. The van der Waals surface area contributed by atoms with Crippen molar-refractivity contribution in [1.82, 2.24) is 5.32 Å². The van der Waals surface area contributed by atoms with Gasteiger partial charge in [0.25, 0.3) is 5.91 Å². The third kappa shape index (κ3) is 6.52. The summed E-state index contributed by atoms with van der Waals surface area (Å²) in [4.78, 5) is 15.7. The molecule has 6 heteroatoms. The van der Waals surface area contributed by atoms with Crippen LogP contribution in [0.5, 0.6) is 0 Å². The fourth-order valence-electron chi connectivity index (χ4n) is 0.935. The van der Waals surface area contributed by atoms with Gasteiger partial charge in [0.2, 0.25) is 0 Å². The van der Waals surface area contributed by atoms with Crippen LogP contribution in [-0.4, -0.2) is 30.6 Å². The number of allylic oxidation sites excluding steroid dienone is 1. The minimum Gasteiger partial charge on any atom is -0.503 e. The van der Waals surface area contributed by atoms with Crippen LogP contribution in [0, 0.1) is 5.41 Å². The van der Waals surface area contributed by atoms with Crippen LogP contribution in [-0.2, 0) is 9.53 Å². The largest absolute Gasteiger partial charge is 0.503 e. The Kier molecular flexibility index (Phi) is 7.71. The summed E-state index contributed by atoms with van der Waals surface area (Å²) in [7, 11) is 1.40. The second-order valence-electron chi connectivity index (χ2n) is 3.00. The van der Waals surface area contributed by atoms with E-state index < -0.39 is 11.4 Å². The normalized spacial score (nSPS) is 14.6. The number of ether oxygens (including phenoxy) is 1. The maximum absolute atomic E-state index is 11.7. The third-order valence-electron chi connectivity index (χ3n) is 1.55. The first-order chi connectivity index (χ1) is 8.04. The van der Waals surface area contributed by atoms with Crippen molar-refractivity contribution in [2.45, 2.75) is 19.3 Å². The van der Waals surface area contributed by atoms with E-state index in [4.69, 9.17) is 17.0 Å². The molecule has 1 unspecified atom stereocenters. The molecule has 1 atom stereocenters. The number of amidine groups is 1. The number of nitrogens with zero attached hydrogens (tertiary/aromatic N) is 1. The Hall–Kier alpha value is -1.62. The van der Waals surface area contributed by atoms with E-state index in [0.29, 0.717) is 5.84 Å². The number of halogens is 1. The van der Waals surface area contributed by atoms with Gasteiger partial charge in [-0.1, -0.05) is 17.7 Å². The number of carbonyl (C=O) groups excluding carboxylic acids is 1. The van der Waals surface area contributed by atoms with Crippen molar-refractivity contribution in [2.24, 2.45) is 4.99 Å². The molecule has 0 saturated carbocycles. The van der Waals surface area contributed by atoms with Gasteiger partial charge in [0.1, 0.15) is 11.3 Å². The molecule has 0 radical (unpaired) electrons. The highest BCUT2D eigenvalue weighted by molar-refractivity contribution is 6.22. The summed E-state index contributed by atoms with van der Waals surface area (Å²) >= 11 is 5.71. The lowest BCUT2D eigenvalue weighted by molar-refractivity contribution is -0.115. The van der Waals surface area contributed by atoms with E-state index in [1.54, 1.807) is 26.0 Å². The van der Waals surface area contributed by atoms with Crippen molar-refractivity contribution < 1.29 is 9.53 Å². The van der Waals surface area contributed by atoms with Crippen molar-refractivity contribution >= 4 is 29.6 Å². The number of carbonyl (C=O) groups is 1. The molecular formula is C11H16ClN3O2. The number of hydrogen-bond donors (Lipinski definition) is 2. The van der Waals surface area contributed by atoms with E-state index in [2.05, 4.69) is 15.0 Å². The van der Waals surface area contributed by atoms with Gasteiger partial charge in [-0.15, -0.1) is 0 Å². The quantitative estimate of drug-likeness (QED) is 0.197. The number of hydrogen-bond acceptors (Lipinski definition) is 4. The molecule has 0 aliphatic carbocycles. The second-order valence-corrected chi connectivity index (χ2v) is 3.63. The molecule has 2 N–H and O–H groups in total. The molecule has 0 bridgehead atoms. The van der Waals surface area contributed by atoms with Gasteiger partial charge in [-0.2, -0.15) is 0 Å². The number of methoxy groups -OCH3 is 1. The van der Waals surface area contributed by atoms with Crippen LogP contribution in [0.25, 0.3) is 0 Å². The fraction of sp³-hybridized carbons (Fsp3) is 0.364. The van der Waals surface area contributed by atoms with E-state index in [9.17, 15) is 4.79 Å². The van der Waals surface area contributed by atoms with Crippen molar-refractivity contribution in [3.05, 3.63) is 24.0 Å². The topological polar surface area (TPSA) is 74.5 Å². The van der Waals surface area contributed by atoms with Gasteiger partial charge in [-0.25, -0.2) is 4.99 Å². The zero-order valence-electron chi connectivity index (χ0n) is 10.0. The molecule has 0 spiro atoms. The Morgan fingerprint density at radius 2 is 2.24 bits per heavy atom. The van der Waals surface area contributed by atoms with Crippen LogP contribution in [0.2, 0.25) is 0 Å². The summed E-state index contributed by atoms with van der Waals surface area (Å²) in [6, 6.07) is 0. The van der Waals surface area contributed by atoms with E-state index in [0.717, 1.165) is 6.21 Å². The average Bonchev–Trinajstić information content (AvgIpc) is 2.25. The van der Waals surface area contributed by atoms with Crippen LogP contribution in [0.4, 0.5) is 0 Å². The lowest BCUT2D eigenvalue weighted by Crippen LogP contribution is -2.31. The molecule has 0 aliphatic rings. The van der Waals surface area contributed by atoms with Gasteiger partial charge in [0, 0.05) is 6.21 Å². The van der Waals surface area contributed by atoms with E-state index in [1.807, 2.05) is 0 Å². The van der Waals surface area contributed by atoms with Gasteiger partial charge in [-0.05, 0) is 19.9 Å². The van der Waals surface area contributed by atoms with Gasteiger partial charge in [0.15, 0.2) is 0 Å². The van der Waals surface area contributed by atoms with Gasteiger partial charge >= 0.3 is 0 Å². The first-order valence-electron chi connectivity index (χ1n) is 4.94. The van der Waals surface area contributed by atoms with E-state index >= 15 is 0 Å². The van der Waals surface area contributed by atoms with Crippen LogP contribution in [0.3, 0.4) is 0 Å². The molecule has 0 saturated heterocycles. The van der Waals surface area contributed by atoms with Gasteiger partial charge in [-0.3, -0.25) is 4.79 Å². The minimum absolute atomic E-state index is 0.0897. The molecule has 0 aromatic carbocycles. The summed E-state index contributed by atoms with van der Waals surface area (Å²) < 4.78 is 4.68. The Morgan fingerprint density at radius 3 is 2.65 bits per heavy atom. The fourth-order valence-corrected chi connectivity index (χ4v) is 1.04. The smallest absolute Gasteiger partial charge is 0.261 e. The molecule has 0 aliphatic heterocycles. The Morgan fingerprint density at radius 1 is 1.59 bits per heavy atom. The van der Waals surface area contributed by atoms with E-state index in [-0.39, 0.29) is 5.57 Å². The van der Waals surface area contributed by atoms with Crippen LogP contribution in [0.1, 0.15) is 13.8 Å². The lowest BCUT2D eigenvalue weighted by Gasteiger charge is -2.06. The highest BCUT2D eigenvalue weighted by Gasteiger charge is 2.09. The molecule has 0 aromatic heterocycles. The number of amides is 1. The summed E-state index contributed by atoms with van der Waals surface area (Å²) in [5.74, 6) is -0.139. The number of rotatable bonds is 5. The van der Waals surface area contributed by atoms with Crippen LogP contribution < -0.4 is 5.32 Å². The van der Waals surface area contributed by atoms with Crippen molar-refractivity contribution in [3.63, 3.8) is 0 Å². The molecular weight excluding hydrogens is 242 g/mol. The zero-order chi connectivity index (χ0) is 13.3. The van der Waals surface area contributed by atoms with E-state index in [1.165, 1.54) is 13.4 Å². The Labute approximate surface area is 106 Å². The molecule has 0 fully saturated rings. The van der Waals surface area contributed by atoms with Crippen molar-refractivity contribution in [1.29, 1.82) is 5.41 Å². The van der Waals surface area contributed by atoms with Crippen LogP contribution >= 0.6 is 11.6 Å². The molecule has 17 heavy (non-hydrogen) atoms. The minimum atomic E-state index is -0.476. The molecule has 0 aromatic rings. The maximum Gasteiger partial charge on any atom is 0.261 e. The zero-order valence-corrected chi connectivity index (χ0v) is 10.8. The standard InChI is InChI=1S/C11H16ClN3O2/c1-4-5-10(14-8(2)12)15-11(16)9(6-13)7-17-3/h4-8,13H,1-3H3,(H,14,15,16)/b5-4-,9-7+,13-6?. The summed E-state index contributed by atoms with van der Waals surface area (Å²) in [5.41, 5.74) is -0.358. The highest BCUT2D eigenvalue weighted by Crippen LogP contribution is 1.97. The molecule has 5 nitrogen and oxygen atoms in total. The van der Waals surface area contributed by atoms with Gasteiger partial charge < -0.3 is 15.5 Å². The highest BCUT2D eigenvalue weighted by atomic mass is 35.5. The summed E-state index contributed by atoms with van der Waals surface area (Å²) in [6.07, 6.45) is 5.42. The first kappa shape index (κ1) is 15.4. The Bertz CT molecular complexity index is 360. The SMILES string of the molecule is C/C=C\C(=NC(C)Cl)NC(=O)/C(C=N)=C/OC. The molecule has 0 heterocycles. The number of aliphatic imine (C=N–C) groups is 1. The average molecular weight is 258 g/mol. The number of alkyl halides is 1. The molecule has 0 rings (SSSR count). The number of nitrogens with one attached hydrogen (secondary N) is 2. The summed E-state index contributed by atoms with van der Waals surface area (Å²) in [6.45, 7) is 3.48. The summed E-state index contributed by atoms with van der Waals surface area (Å²) in [5, 5.41) is 9.59.